The Balaban J connectivity index is 1.33. The molecule has 0 radical (unpaired) electrons. The molecule has 0 N–H and O–H groups in total. The molecule has 8 nitrogen and oxygen atoms in total. The van der Waals surface area contributed by atoms with Gasteiger partial charge in [0.2, 0.25) is 0 Å². The highest BCUT2D eigenvalue weighted by molar-refractivity contribution is 5.92. The Hall–Kier alpha value is -3.04. The number of nitrogens with zero attached hydrogens (tertiary/aromatic N) is 5. The summed E-state index contributed by atoms with van der Waals surface area (Å²) in [5, 5.41) is 3.69. The van der Waals surface area contributed by atoms with Crippen molar-refractivity contribution < 1.29 is 18.1 Å². The molecule has 3 aromatic heterocycles. The smallest absolute Gasteiger partial charge is 0.330 e. The van der Waals surface area contributed by atoms with Crippen LogP contribution in [0, 0.1) is 23.2 Å². The number of rotatable bonds is 3. The van der Waals surface area contributed by atoms with Crippen molar-refractivity contribution in [3.8, 4) is 0 Å². The van der Waals surface area contributed by atoms with Gasteiger partial charge in [0.1, 0.15) is 6.26 Å². The number of hydrogen-bond donors (Lipinski definition) is 0. The zero-order valence-corrected chi connectivity index (χ0v) is 19.6. The average Bonchev–Trinajstić information content (AvgIpc) is 3.37. The number of hydrogen-bond acceptors (Lipinski definition) is 5. The number of halogens is 2. The standard InChI is InChI=1S/C24H27F2N5O3/c1-22(2,3)12-31-16-5-6-17(27-19(16)29(4)21(31)33)23-9-13-10-30(20(32)15-7-8-34-28-15)11-14(13)18(23)24(23,25)26/h5-8,13-14,18H,9-12H2,1-4H3. The monoisotopic (exact) mass is 471 g/mol. The molecule has 2 aliphatic carbocycles. The van der Waals surface area contributed by atoms with Crippen LogP contribution in [0.15, 0.2) is 33.8 Å². The first kappa shape index (κ1) is 21.5. The Morgan fingerprint density at radius 1 is 1.24 bits per heavy atom. The molecule has 3 fully saturated rings. The number of imidazole rings is 1. The van der Waals surface area contributed by atoms with Crippen molar-refractivity contribution in [2.45, 2.75) is 45.1 Å². The van der Waals surface area contributed by atoms with Crippen LogP contribution in [-0.2, 0) is 19.0 Å². The maximum atomic E-state index is 15.4. The predicted molar refractivity (Wildman–Crippen MR) is 119 cm³/mol. The second-order valence-electron chi connectivity index (χ2n) is 11.3. The van der Waals surface area contributed by atoms with E-state index < -0.39 is 17.3 Å². The maximum absolute atomic E-state index is 15.4. The molecule has 10 heteroatoms. The van der Waals surface area contributed by atoms with Crippen LogP contribution in [0.25, 0.3) is 11.2 Å². The highest BCUT2D eigenvalue weighted by Crippen LogP contribution is 2.78. The lowest BCUT2D eigenvalue weighted by atomic mass is 9.91. The number of likely N-dealkylation sites (tertiary alicyclic amines) is 1. The summed E-state index contributed by atoms with van der Waals surface area (Å²) in [6.45, 7) is 7.34. The molecule has 1 saturated heterocycles. The maximum Gasteiger partial charge on any atom is 0.330 e. The van der Waals surface area contributed by atoms with E-state index in [4.69, 9.17) is 4.52 Å². The van der Waals surface area contributed by atoms with Gasteiger partial charge in [-0.2, -0.15) is 0 Å². The number of aromatic nitrogens is 4. The Kier molecular flexibility index (Phi) is 4.14. The van der Waals surface area contributed by atoms with E-state index in [0.717, 1.165) is 0 Å². The van der Waals surface area contributed by atoms with Crippen molar-refractivity contribution in [2.24, 2.45) is 30.2 Å². The number of alkyl halides is 2. The van der Waals surface area contributed by atoms with Gasteiger partial charge in [0.25, 0.3) is 11.8 Å². The lowest BCUT2D eigenvalue weighted by Gasteiger charge is -2.20. The first-order valence-corrected chi connectivity index (χ1v) is 11.6. The fourth-order valence-electron chi connectivity index (χ4n) is 6.52. The minimum absolute atomic E-state index is 0.0210. The summed E-state index contributed by atoms with van der Waals surface area (Å²) in [6.07, 6.45) is 1.60. The molecule has 4 heterocycles. The zero-order valence-electron chi connectivity index (χ0n) is 19.6. The first-order valence-electron chi connectivity index (χ1n) is 11.6. The van der Waals surface area contributed by atoms with Crippen LogP contribution in [-0.4, -0.2) is 49.1 Å². The quantitative estimate of drug-likeness (QED) is 0.586. The van der Waals surface area contributed by atoms with E-state index in [2.05, 4.69) is 10.1 Å². The van der Waals surface area contributed by atoms with Crippen LogP contribution in [0.4, 0.5) is 8.78 Å². The molecular weight excluding hydrogens is 444 g/mol. The van der Waals surface area contributed by atoms with Crippen LogP contribution in [0.3, 0.4) is 0 Å². The van der Waals surface area contributed by atoms with Gasteiger partial charge in [-0.1, -0.05) is 25.9 Å². The Labute approximate surface area is 194 Å². The number of carbonyl (C=O) groups is 1. The van der Waals surface area contributed by atoms with E-state index >= 15 is 8.78 Å². The third-order valence-electron chi connectivity index (χ3n) is 7.95. The number of carbonyl (C=O) groups excluding carboxylic acids is 1. The summed E-state index contributed by atoms with van der Waals surface area (Å²) in [7, 11) is 1.64. The Bertz CT molecular complexity index is 1370. The van der Waals surface area contributed by atoms with Crippen LogP contribution >= 0.6 is 0 Å². The molecule has 0 spiro atoms. The third-order valence-corrected chi connectivity index (χ3v) is 7.95. The van der Waals surface area contributed by atoms with Gasteiger partial charge in [-0.05, 0) is 35.8 Å². The normalized spacial score (nSPS) is 29.5. The molecule has 180 valence electrons. The third kappa shape index (κ3) is 2.68. The van der Waals surface area contributed by atoms with E-state index in [0.29, 0.717) is 29.9 Å². The van der Waals surface area contributed by atoms with E-state index in [1.165, 1.54) is 16.9 Å². The van der Waals surface area contributed by atoms with E-state index in [-0.39, 0.29) is 47.5 Å². The average molecular weight is 472 g/mol. The summed E-state index contributed by atoms with van der Waals surface area (Å²) in [6, 6.07) is 4.93. The van der Waals surface area contributed by atoms with Gasteiger partial charge in [0.15, 0.2) is 11.3 Å². The van der Waals surface area contributed by atoms with Gasteiger partial charge in [-0.15, -0.1) is 0 Å². The topological polar surface area (TPSA) is 86.2 Å². The molecule has 6 rings (SSSR count). The minimum atomic E-state index is -2.89. The molecule has 0 aromatic carbocycles. The second kappa shape index (κ2) is 6.55. The molecular formula is C24H27F2N5O3. The fraction of sp³-hybridized carbons (Fsp3) is 0.583. The molecule has 3 aliphatic rings. The number of amides is 1. The number of fused-ring (bicyclic) bond motifs is 4. The van der Waals surface area contributed by atoms with E-state index in [1.807, 2.05) is 20.8 Å². The first-order chi connectivity index (χ1) is 16.0. The molecule has 1 aliphatic heterocycles. The summed E-state index contributed by atoms with van der Waals surface area (Å²) < 4.78 is 38.6. The van der Waals surface area contributed by atoms with Crippen molar-refractivity contribution in [3.05, 3.63) is 46.3 Å². The lowest BCUT2D eigenvalue weighted by molar-refractivity contribution is 0.0448. The van der Waals surface area contributed by atoms with Crippen molar-refractivity contribution >= 4 is 17.1 Å². The predicted octanol–water partition coefficient (Wildman–Crippen LogP) is 3.06. The van der Waals surface area contributed by atoms with E-state index in [1.54, 1.807) is 28.6 Å². The molecule has 0 bridgehead atoms. The summed E-state index contributed by atoms with van der Waals surface area (Å²) in [5.74, 6) is -4.36. The molecule has 1 amide bonds. The van der Waals surface area contributed by atoms with Gasteiger partial charge < -0.3 is 9.42 Å². The zero-order chi connectivity index (χ0) is 24.2. The van der Waals surface area contributed by atoms with Gasteiger partial charge in [-0.3, -0.25) is 13.9 Å². The number of pyridine rings is 1. The van der Waals surface area contributed by atoms with Crippen molar-refractivity contribution in [1.82, 2.24) is 24.2 Å². The molecule has 2 saturated carbocycles. The molecule has 4 unspecified atom stereocenters. The van der Waals surface area contributed by atoms with Crippen LogP contribution in [0.1, 0.15) is 43.4 Å². The lowest BCUT2D eigenvalue weighted by Crippen LogP contribution is -2.30. The van der Waals surface area contributed by atoms with Gasteiger partial charge >= 0.3 is 5.69 Å². The van der Waals surface area contributed by atoms with Crippen LogP contribution in [0.2, 0.25) is 0 Å². The highest BCUT2D eigenvalue weighted by Gasteiger charge is 2.88. The summed E-state index contributed by atoms with van der Waals surface area (Å²) in [5.41, 5.74) is -0.0159. The second-order valence-corrected chi connectivity index (χ2v) is 11.3. The van der Waals surface area contributed by atoms with Crippen LogP contribution < -0.4 is 5.69 Å². The molecule has 34 heavy (non-hydrogen) atoms. The van der Waals surface area contributed by atoms with E-state index in [9.17, 15) is 9.59 Å². The Morgan fingerprint density at radius 2 is 2.00 bits per heavy atom. The van der Waals surface area contributed by atoms with Crippen molar-refractivity contribution in [3.63, 3.8) is 0 Å². The van der Waals surface area contributed by atoms with Crippen molar-refractivity contribution in [1.29, 1.82) is 0 Å². The fourth-order valence-corrected chi connectivity index (χ4v) is 6.52. The Morgan fingerprint density at radius 3 is 2.68 bits per heavy atom. The molecule has 4 atom stereocenters. The van der Waals surface area contributed by atoms with Gasteiger partial charge in [0, 0.05) is 38.7 Å². The van der Waals surface area contributed by atoms with Gasteiger partial charge in [-0.25, -0.2) is 18.6 Å². The van der Waals surface area contributed by atoms with Crippen molar-refractivity contribution in [2.75, 3.05) is 13.1 Å². The SMILES string of the molecule is Cn1c(=O)n(CC(C)(C)C)c2ccc(C34CC5CN(C(=O)c6ccon6)CC5C3C4(F)F)nc21. The summed E-state index contributed by atoms with van der Waals surface area (Å²) >= 11 is 0. The number of aryl methyl sites for hydroxylation is 1. The molecule has 3 aromatic rings. The highest BCUT2D eigenvalue weighted by atomic mass is 19.3. The van der Waals surface area contributed by atoms with Gasteiger partial charge in [0.05, 0.1) is 16.6 Å². The minimum Gasteiger partial charge on any atom is -0.364 e. The largest absolute Gasteiger partial charge is 0.364 e. The summed E-state index contributed by atoms with van der Waals surface area (Å²) in [4.78, 5) is 31.8. The van der Waals surface area contributed by atoms with Crippen LogP contribution in [0.5, 0.6) is 0 Å².